The average molecular weight is 391 g/mol. The van der Waals surface area contributed by atoms with Crippen LogP contribution in [-0.2, 0) is 14.8 Å². The van der Waals surface area contributed by atoms with Crippen LogP contribution in [0.1, 0.15) is 25.3 Å². The van der Waals surface area contributed by atoms with Gasteiger partial charge in [0.15, 0.2) is 0 Å². The fraction of sp³-hybridized carbons (Fsp3) is 0.350. The molecule has 2 aromatic carbocycles. The predicted molar refractivity (Wildman–Crippen MR) is 107 cm³/mol. The maximum Gasteiger partial charge on any atom is 0.264 e. The number of nitrogens with zero attached hydrogens (tertiary/aromatic N) is 1. The Morgan fingerprint density at radius 3 is 2.48 bits per heavy atom. The Morgan fingerprint density at radius 2 is 1.85 bits per heavy atom. The van der Waals surface area contributed by atoms with Crippen molar-refractivity contribution >= 4 is 21.6 Å². The zero-order valence-electron chi connectivity index (χ0n) is 15.9. The third-order valence-electron chi connectivity index (χ3n) is 4.09. The molecule has 6 nitrogen and oxygen atoms in total. The van der Waals surface area contributed by atoms with E-state index in [1.807, 2.05) is 13.8 Å². The van der Waals surface area contributed by atoms with Gasteiger partial charge >= 0.3 is 0 Å². The van der Waals surface area contributed by atoms with Crippen LogP contribution in [0.2, 0.25) is 0 Å². The lowest BCUT2D eigenvalue weighted by Crippen LogP contribution is -2.41. The van der Waals surface area contributed by atoms with Gasteiger partial charge in [-0.1, -0.05) is 37.1 Å². The van der Waals surface area contributed by atoms with E-state index in [-0.39, 0.29) is 17.3 Å². The summed E-state index contributed by atoms with van der Waals surface area (Å²) in [6.07, 6.45) is 1.79. The van der Waals surface area contributed by atoms with Gasteiger partial charge in [-0.05, 0) is 37.6 Å². The van der Waals surface area contributed by atoms with Crippen molar-refractivity contribution in [3.05, 3.63) is 54.1 Å². The van der Waals surface area contributed by atoms with Crippen LogP contribution in [-0.4, -0.2) is 34.5 Å². The van der Waals surface area contributed by atoms with E-state index in [0.717, 1.165) is 22.7 Å². The van der Waals surface area contributed by atoms with Crippen molar-refractivity contribution in [2.24, 2.45) is 0 Å². The SMILES string of the molecule is CCCCNC(=O)CN(c1cccc(OC)c1)S(=O)(=O)c1ccc(C)cc1. The van der Waals surface area contributed by atoms with Gasteiger partial charge < -0.3 is 10.1 Å². The molecule has 0 radical (unpaired) electrons. The molecule has 1 N–H and O–H groups in total. The maximum absolute atomic E-state index is 13.2. The second-order valence-electron chi connectivity index (χ2n) is 6.23. The zero-order valence-corrected chi connectivity index (χ0v) is 16.8. The summed E-state index contributed by atoms with van der Waals surface area (Å²) in [7, 11) is -2.40. The van der Waals surface area contributed by atoms with Gasteiger partial charge in [-0.3, -0.25) is 9.10 Å². The first-order valence-electron chi connectivity index (χ1n) is 8.88. The van der Waals surface area contributed by atoms with Gasteiger partial charge in [0, 0.05) is 12.6 Å². The van der Waals surface area contributed by atoms with Gasteiger partial charge in [-0.2, -0.15) is 0 Å². The molecule has 0 saturated carbocycles. The molecule has 27 heavy (non-hydrogen) atoms. The van der Waals surface area contributed by atoms with Crippen molar-refractivity contribution in [2.75, 3.05) is 24.5 Å². The van der Waals surface area contributed by atoms with Crippen LogP contribution in [0.25, 0.3) is 0 Å². The summed E-state index contributed by atoms with van der Waals surface area (Å²) in [4.78, 5) is 12.5. The highest BCUT2D eigenvalue weighted by Crippen LogP contribution is 2.27. The van der Waals surface area contributed by atoms with Crippen LogP contribution in [0.5, 0.6) is 5.75 Å². The standard InChI is InChI=1S/C20H26N2O4S/c1-4-5-13-21-20(23)15-22(17-7-6-8-18(14-17)26-3)27(24,25)19-11-9-16(2)10-12-19/h6-12,14H,4-5,13,15H2,1-3H3,(H,21,23). The smallest absolute Gasteiger partial charge is 0.264 e. The van der Waals surface area contributed by atoms with Gasteiger partial charge in [-0.25, -0.2) is 8.42 Å². The Morgan fingerprint density at radius 1 is 1.15 bits per heavy atom. The summed E-state index contributed by atoms with van der Waals surface area (Å²) in [5, 5.41) is 2.77. The number of carbonyl (C=O) groups is 1. The number of nitrogens with one attached hydrogen (secondary N) is 1. The Labute approximate surface area is 161 Å². The van der Waals surface area contributed by atoms with Crippen LogP contribution in [0.4, 0.5) is 5.69 Å². The molecular weight excluding hydrogens is 364 g/mol. The molecule has 0 fully saturated rings. The summed E-state index contributed by atoms with van der Waals surface area (Å²) >= 11 is 0. The molecule has 7 heteroatoms. The molecule has 0 heterocycles. The minimum absolute atomic E-state index is 0.136. The topological polar surface area (TPSA) is 75.7 Å². The Balaban J connectivity index is 2.39. The molecule has 2 rings (SSSR count). The molecular formula is C20H26N2O4S. The lowest BCUT2D eigenvalue weighted by Gasteiger charge is -2.24. The Hall–Kier alpha value is -2.54. The minimum Gasteiger partial charge on any atom is -0.497 e. The van der Waals surface area contributed by atoms with Crippen molar-refractivity contribution in [1.82, 2.24) is 5.32 Å². The van der Waals surface area contributed by atoms with Gasteiger partial charge in [0.1, 0.15) is 12.3 Å². The lowest BCUT2D eigenvalue weighted by molar-refractivity contribution is -0.119. The number of unbranched alkanes of at least 4 members (excludes halogenated alkanes) is 1. The largest absolute Gasteiger partial charge is 0.497 e. The highest BCUT2D eigenvalue weighted by molar-refractivity contribution is 7.92. The number of aryl methyl sites for hydroxylation is 1. The van der Waals surface area contributed by atoms with Crippen molar-refractivity contribution in [3.63, 3.8) is 0 Å². The number of sulfonamides is 1. The number of hydrogen-bond acceptors (Lipinski definition) is 4. The average Bonchev–Trinajstić information content (AvgIpc) is 2.66. The first-order valence-corrected chi connectivity index (χ1v) is 10.3. The van der Waals surface area contributed by atoms with E-state index in [2.05, 4.69) is 5.32 Å². The molecule has 0 unspecified atom stereocenters. The van der Waals surface area contributed by atoms with Gasteiger partial charge in [0.05, 0.1) is 17.7 Å². The lowest BCUT2D eigenvalue weighted by atomic mass is 10.2. The predicted octanol–water partition coefficient (Wildman–Crippen LogP) is 3.12. The number of hydrogen-bond donors (Lipinski definition) is 1. The first kappa shape index (κ1) is 20.8. The summed E-state index contributed by atoms with van der Waals surface area (Å²) < 4.78 is 32.7. The van der Waals surface area contributed by atoms with E-state index in [1.165, 1.54) is 7.11 Å². The Kier molecular flexibility index (Phi) is 7.24. The van der Waals surface area contributed by atoms with Crippen LogP contribution < -0.4 is 14.4 Å². The zero-order chi connectivity index (χ0) is 19.9. The van der Waals surface area contributed by atoms with E-state index < -0.39 is 10.0 Å². The summed E-state index contributed by atoms with van der Waals surface area (Å²) in [6, 6.07) is 13.2. The fourth-order valence-electron chi connectivity index (χ4n) is 2.51. The van der Waals surface area contributed by atoms with E-state index in [0.29, 0.717) is 18.0 Å². The number of anilines is 1. The number of rotatable bonds is 9. The third kappa shape index (κ3) is 5.47. The quantitative estimate of drug-likeness (QED) is 0.668. The molecule has 0 aliphatic rings. The fourth-order valence-corrected chi connectivity index (χ4v) is 3.92. The second-order valence-corrected chi connectivity index (χ2v) is 8.09. The number of benzene rings is 2. The second kappa shape index (κ2) is 9.41. The molecule has 0 atom stereocenters. The Bertz CT molecular complexity index is 864. The molecule has 0 aliphatic heterocycles. The molecule has 0 aromatic heterocycles. The van der Waals surface area contributed by atoms with Crippen LogP contribution >= 0.6 is 0 Å². The van der Waals surface area contributed by atoms with Crippen molar-refractivity contribution in [3.8, 4) is 5.75 Å². The van der Waals surface area contributed by atoms with E-state index in [1.54, 1.807) is 48.5 Å². The highest BCUT2D eigenvalue weighted by Gasteiger charge is 2.27. The third-order valence-corrected chi connectivity index (χ3v) is 5.88. The summed E-state index contributed by atoms with van der Waals surface area (Å²) in [6.45, 7) is 4.13. The number of amides is 1. The first-order chi connectivity index (χ1) is 12.9. The molecule has 0 spiro atoms. The summed E-state index contributed by atoms with van der Waals surface area (Å²) in [5.41, 5.74) is 1.33. The molecule has 0 aliphatic carbocycles. The molecule has 1 amide bonds. The monoisotopic (exact) mass is 390 g/mol. The van der Waals surface area contributed by atoms with Gasteiger partial charge in [0.2, 0.25) is 5.91 Å². The molecule has 146 valence electrons. The molecule has 0 bridgehead atoms. The molecule has 0 saturated heterocycles. The van der Waals surface area contributed by atoms with Crippen LogP contribution in [0, 0.1) is 6.92 Å². The van der Waals surface area contributed by atoms with Crippen molar-refractivity contribution in [1.29, 1.82) is 0 Å². The normalized spacial score (nSPS) is 11.1. The number of ether oxygens (including phenoxy) is 1. The molecule has 2 aromatic rings. The van der Waals surface area contributed by atoms with E-state index in [9.17, 15) is 13.2 Å². The van der Waals surface area contributed by atoms with Crippen LogP contribution in [0.3, 0.4) is 0 Å². The minimum atomic E-state index is -3.90. The maximum atomic E-state index is 13.2. The van der Waals surface area contributed by atoms with E-state index in [4.69, 9.17) is 4.74 Å². The van der Waals surface area contributed by atoms with Crippen molar-refractivity contribution < 1.29 is 17.9 Å². The number of carbonyl (C=O) groups excluding carboxylic acids is 1. The highest BCUT2D eigenvalue weighted by atomic mass is 32.2. The number of methoxy groups -OCH3 is 1. The van der Waals surface area contributed by atoms with Crippen molar-refractivity contribution in [2.45, 2.75) is 31.6 Å². The van der Waals surface area contributed by atoms with E-state index >= 15 is 0 Å². The van der Waals surface area contributed by atoms with Crippen LogP contribution in [0.15, 0.2) is 53.4 Å². The van der Waals surface area contributed by atoms with Gasteiger partial charge in [0.25, 0.3) is 10.0 Å². The van der Waals surface area contributed by atoms with Gasteiger partial charge in [-0.15, -0.1) is 0 Å². The summed E-state index contributed by atoms with van der Waals surface area (Å²) in [5.74, 6) is 0.171.